The largest absolute Gasteiger partial charge is 0.483 e. The molecule has 33 nitrogen and oxygen atoms in total. The first-order valence-corrected chi connectivity index (χ1v) is 13.7. The van der Waals surface area contributed by atoms with Crippen LogP contribution in [0.2, 0.25) is 0 Å². The van der Waals surface area contributed by atoms with Crippen LogP contribution in [-0.4, -0.2) is 203 Å². The number of rotatable bonds is 3. The quantitative estimate of drug-likeness (QED) is 0.152. The maximum atomic E-state index is 8.36. The average Bonchev–Trinajstić information content (AvgIpc) is 3.67. The summed E-state index contributed by atoms with van der Waals surface area (Å²) in [6.45, 7) is -3.50. The van der Waals surface area contributed by atoms with Crippen molar-refractivity contribution in [1.82, 2.24) is 14.9 Å². The summed E-state index contributed by atoms with van der Waals surface area (Å²) in [5, 5.41) is 97.3. The fourth-order valence-electron chi connectivity index (χ4n) is 2.70. The second kappa shape index (κ2) is 110. The van der Waals surface area contributed by atoms with Crippen molar-refractivity contribution < 1.29 is 148 Å². The van der Waals surface area contributed by atoms with Gasteiger partial charge in [-0.1, -0.05) is 0 Å². The zero-order valence-corrected chi connectivity index (χ0v) is 31.4. The summed E-state index contributed by atoms with van der Waals surface area (Å²) in [6, 6.07) is 2.54. The first-order valence-electron chi connectivity index (χ1n) is 13.7. The second-order valence-corrected chi connectivity index (χ2v) is 6.81. The lowest BCUT2D eigenvalue weighted by Crippen LogP contribution is -2.35. The number of ether oxygens (including phenoxy) is 1. The van der Waals surface area contributed by atoms with Crippen molar-refractivity contribution in [3.63, 3.8) is 0 Å². The highest BCUT2D eigenvalue weighted by Gasteiger charge is 2.24. The van der Waals surface area contributed by atoms with Gasteiger partial charge in [0.15, 0.2) is 0 Å². The van der Waals surface area contributed by atoms with E-state index in [1.54, 1.807) is 6.26 Å². The fraction of sp³-hybridized carbons (Fsp3) is 0.286. The van der Waals surface area contributed by atoms with E-state index in [1.165, 1.54) is 19.2 Å². The third-order valence-corrected chi connectivity index (χ3v) is 3.88. The van der Waals surface area contributed by atoms with Crippen LogP contribution in [-0.2, 0) is 67.1 Å². The van der Waals surface area contributed by atoms with Gasteiger partial charge >= 0.3 is 0 Å². The molecule has 0 aliphatic heterocycles. The Labute approximate surface area is 341 Å². The Hall–Kier alpha value is -9.04. The van der Waals surface area contributed by atoms with Crippen LogP contribution in [0, 0.1) is 0 Å². The molecule has 354 valence electrons. The van der Waals surface area contributed by atoms with Crippen LogP contribution in [0.1, 0.15) is 25.7 Å². The number of hydrogen-bond donors (Lipinski definition) is 14. The number of aromatic nitrogens is 2. The van der Waals surface area contributed by atoms with Gasteiger partial charge in [-0.05, 0) is 45.8 Å². The van der Waals surface area contributed by atoms with Gasteiger partial charge in [0.25, 0.3) is 90.6 Å². The van der Waals surface area contributed by atoms with E-state index < -0.39 is 0 Å². The molecule has 0 saturated heterocycles. The molecule has 14 N–H and O–H groups in total. The van der Waals surface area contributed by atoms with Gasteiger partial charge in [0.1, 0.15) is 17.8 Å². The summed E-state index contributed by atoms with van der Waals surface area (Å²) in [7, 11) is 4.29. The average molecular weight is 906 g/mol. The number of carboxylic acid groups (broad SMARTS) is 14. The van der Waals surface area contributed by atoms with Crippen LogP contribution in [0.25, 0.3) is 11.1 Å². The van der Waals surface area contributed by atoms with Crippen LogP contribution in [0.5, 0.6) is 5.88 Å². The van der Waals surface area contributed by atoms with Crippen LogP contribution in [0.15, 0.2) is 23.1 Å². The molecule has 0 radical (unpaired) electrons. The summed E-state index contributed by atoms with van der Waals surface area (Å²) in [5.41, 5.74) is 0.590. The first-order chi connectivity index (χ1) is 29.0. The third kappa shape index (κ3) is 146. The number of hydrogen-bond acceptors (Lipinski definition) is 19. The Morgan fingerprint density at radius 3 is 0.951 bits per heavy atom. The highest BCUT2D eigenvalue weighted by Crippen LogP contribution is 2.28. The van der Waals surface area contributed by atoms with E-state index in [9.17, 15) is 0 Å². The molecular formula is C28H47N3O30. The van der Waals surface area contributed by atoms with E-state index in [0.717, 1.165) is 18.2 Å². The molecule has 1 fully saturated rings. The van der Waals surface area contributed by atoms with E-state index >= 15 is 0 Å². The summed E-state index contributed by atoms with van der Waals surface area (Å²) in [4.78, 5) is 128. The van der Waals surface area contributed by atoms with Crippen molar-refractivity contribution in [2.75, 3.05) is 14.1 Å². The van der Waals surface area contributed by atoms with Crippen molar-refractivity contribution >= 4 is 102 Å². The predicted molar refractivity (Wildman–Crippen MR) is 194 cm³/mol. The molecule has 3 rings (SSSR count). The minimum Gasteiger partial charge on any atom is -0.483 e. The number of nitrogens with zero attached hydrogens (tertiary/aromatic N) is 3. The molecule has 33 heteroatoms. The molecule has 2 heterocycles. The van der Waals surface area contributed by atoms with E-state index in [2.05, 4.69) is 29.0 Å². The van der Waals surface area contributed by atoms with Crippen molar-refractivity contribution in [3.8, 4) is 5.88 Å². The lowest BCUT2D eigenvalue weighted by Gasteiger charge is -2.32. The number of furan rings is 1. The molecule has 61 heavy (non-hydrogen) atoms. The van der Waals surface area contributed by atoms with Gasteiger partial charge < -0.3 is 85.5 Å². The fourth-order valence-corrected chi connectivity index (χ4v) is 2.70. The smallest absolute Gasteiger partial charge is 0.290 e. The van der Waals surface area contributed by atoms with Crippen LogP contribution >= 0.6 is 0 Å². The van der Waals surface area contributed by atoms with E-state index in [4.69, 9.17) is 148 Å². The summed E-state index contributed by atoms with van der Waals surface area (Å²) in [6.07, 6.45) is 7.87. The molecule has 0 spiro atoms. The number of carbonyl (C=O) groups is 14. The molecule has 0 aromatic carbocycles. The van der Waals surface area contributed by atoms with Gasteiger partial charge in [0.2, 0.25) is 11.6 Å². The van der Waals surface area contributed by atoms with E-state index in [-0.39, 0.29) is 96.7 Å². The van der Waals surface area contributed by atoms with Crippen LogP contribution in [0.4, 0.5) is 0 Å². The highest BCUT2D eigenvalue weighted by molar-refractivity contribution is 5.78. The normalized spacial score (nSPS) is 10.2. The third-order valence-electron chi connectivity index (χ3n) is 3.88. The van der Waals surface area contributed by atoms with Crippen LogP contribution < -0.4 is 4.74 Å². The molecule has 0 unspecified atom stereocenters. The monoisotopic (exact) mass is 905 g/mol. The number of fused-ring (bicyclic) bond motifs is 1. The zero-order chi connectivity index (χ0) is 51.1. The van der Waals surface area contributed by atoms with Crippen molar-refractivity contribution in [3.05, 3.63) is 18.7 Å². The van der Waals surface area contributed by atoms with Gasteiger partial charge in [-0.15, -0.1) is 0 Å². The molecule has 0 atom stereocenters. The minimum atomic E-state index is -0.250. The van der Waals surface area contributed by atoms with Gasteiger partial charge in [0, 0.05) is 6.04 Å². The topological polar surface area (TPSA) is 574 Å². The lowest BCUT2D eigenvalue weighted by molar-refractivity contribution is -0.123. The summed E-state index contributed by atoms with van der Waals surface area (Å²) < 4.78 is 11.3. The van der Waals surface area contributed by atoms with Gasteiger partial charge in [-0.3, -0.25) is 67.1 Å². The molecule has 1 saturated carbocycles. The first kappa shape index (κ1) is 84.5. The molecule has 1 aliphatic carbocycles. The Morgan fingerprint density at radius 2 is 0.721 bits per heavy atom. The Morgan fingerprint density at radius 1 is 0.475 bits per heavy atom. The Kier molecular flexibility index (Phi) is 153. The van der Waals surface area contributed by atoms with Gasteiger partial charge in [-0.25, -0.2) is 9.97 Å². The molecule has 0 bridgehead atoms. The Balaban J connectivity index is -0.0000000482. The molecule has 1 aliphatic rings. The van der Waals surface area contributed by atoms with Crippen molar-refractivity contribution in [2.45, 2.75) is 37.8 Å². The van der Waals surface area contributed by atoms with Crippen molar-refractivity contribution in [2.24, 2.45) is 0 Å². The highest BCUT2D eigenvalue weighted by atomic mass is 16.5. The maximum absolute atomic E-state index is 8.36. The lowest BCUT2D eigenvalue weighted by atomic mass is 9.92. The summed E-state index contributed by atoms with van der Waals surface area (Å²) in [5.74, 6) is 0.645. The molecule has 2 aromatic rings. The predicted octanol–water partition coefficient (Wildman–Crippen LogP) is -1.71. The Bertz CT molecular complexity index is 1050. The molecular weight excluding hydrogens is 858 g/mol. The van der Waals surface area contributed by atoms with E-state index in [1.807, 2.05) is 6.07 Å². The molecule has 2 aromatic heterocycles. The van der Waals surface area contributed by atoms with Crippen molar-refractivity contribution in [1.29, 1.82) is 0 Å². The van der Waals surface area contributed by atoms with Gasteiger partial charge in [0.05, 0.1) is 6.26 Å². The second-order valence-electron chi connectivity index (χ2n) is 6.81. The zero-order valence-electron chi connectivity index (χ0n) is 31.4. The standard InChI is InChI=1S/C14H19N3O2.14CH2O2/c1-17(2)10-3-5-11(6-4-10)19-14-12-7-8-18-13(12)15-9-16-14;14*2-1-3/h7-11H,3-6H2,1-2H3;14*1H,(H,2,3). The van der Waals surface area contributed by atoms with Crippen LogP contribution in [0.3, 0.4) is 0 Å². The van der Waals surface area contributed by atoms with Gasteiger partial charge in [-0.2, -0.15) is 0 Å². The minimum absolute atomic E-state index is 0.250. The maximum Gasteiger partial charge on any atom is 0.290 e. The van der Waals surface area contributed by atoms with E-state index in [0.29, 0.717) is 17.6 Å². The molecule has 0 amide bonds. The SMILES string of the molecule is CN(C)C1CCC(Oc2ncnc3occc23)CC1.O=CO.O=CO.O=CO.O=CO.O=CO.O=CO.O=CO.O=CO.O=CO.O=CO.O=CO.O=CO.O=CO.O=CO. The summed E-state index contributed by atoms with van der Waals surface area (Å²) >= 11 is 0.